The van der Waals surface area contributed by atoms with E-state index >= 15 is 0 Å². The first-order chi connectivity index (χ1) is 6.12. The van der Waals surface area contributed by atoms with E-state index in [4.69, 9.17) is 0 Å². The molecule has 2 N–H and O–H groups in total. The summed E-state index contributed by atoms with van der Waals surface area (Å²) < 4.78 is 0. The first kappa shape index (κ1) is 9.47. The van der Waals surface area contributed by atoms with Gasteiger partial charge in [0.15, 0.2) is 0 Å². The van der Waals surface area contributed by atoms with Crippen molar-refractivity contribution in [2.75, 3.05) is 13.1 Å². The van der Waals surface area contributed by atoms with Crippen molar-refractivity contribution >= 4 is 0 Å². The van der Waals surface area contributed by atoms with Gasteiger partial charge in [-0.3, -0.25) is 0 Å². The van der Waals surface area contributed by atoms with E-state index in [1.54, 1.807) is 0 Å². The predicted octanol–water partition coefficient (Wildman–Crippen LogP) is 1.66. The smallest absolute Gasteiger partial charge is 0.0307 e. The molecule has 2 aliphatic rings. The Morgan fingerprint density at radius 3 is 2.08 bits per heavy atom. The van der Waals surface area contributed by atoms with Crippen molar-refractivity contribution in [3.05, 3.63) is 0 Å². The SMILES string of the molecule is CC1(C)CNC2(CCCCC2)CN1. The molecule has 0 aromatic carbocycles. The Labute approximate surface area is 81.5 Å². The minimum absolute atomic E-state index is 0.294. The van der Waals surface area contributed by atoms with E-state index in [-0.39, 0.29) is 0 Å². The molecule has 1 spiro atoms. The fraction of sp³-hybridized carbons (Fsp3) is 1.00. The van der Waals surface area contributed by atoms with E-state index in [0.29, 0.717) is 11.1 Å². The first-order valence-electron chi connectivity index (χ1n) is 5.62. The average molecular weight is 182 g/mol. The first-order valence-corrected chi connectivity index (χ1v) is 5.62. The molecule has 13 heavy (non-hydrogen) atoms. The molecular weight excluding hydrogens is 160 g/mol. The molecule has 0 bridgehead atoms. The van der Waals surface area contributed by atoms with Crippen molar-refractivity contribution in [2.45, 2.75) is 57.0 Å². The van der Waals surface area contributed by atoms with Crippen LogP contribution in [-0.4, -0.2) is 24.2 Å². The third-order valence-electron chi connectivity index (χ3n) is 3.62. The van der Waals surface area contributed by atoms with Crippen LogP contribution in [0.4, 0.5) is 0 Å². The van der Waals surface area contributed by atoms with Gasteiger partial charge in [-0.2, -0.15) is 0 Å². The lowest BCUT2D eigenvalue weighted by Crippen LogP contribution is -2.67. The maximum Gasteiger partial charge on any atom is 0.0307 e. The summed E-state index contributed by atoms with van der Waals surface area (Å²) in [6, 6.07) is 0. The monoisotopic (exact) mass is 182 g/mol. The zero-order valence-corrected chi connectivity index (χ0v) is 8.95. The lowest BCUT2D eigenvalue weighted by molar-refractivity contribution is 0.145. The second-order valence-electron chi connectivity index (χ2n) is 5.43. The van der Waals surface area contributed by atoms with Crippen LogP contribution in [0, 0.1) is 0 Å². The molecule has 2 fully saturated rings. The van der Waals surface area contributed by atoms with Crippen molar-refractivity contribution in [3.63, 3.8) is 0 Å². The molecule has 0 atom stereocenters. The van der Waals surface area contributed by atoms with Crippen LogP contribution >= 0.6 is 0 Å². The highest BCUT2D eigenvalue weighted by Gasteiger charge is 2.37. The van der Waals surface area contributed by atoms with Crippen molar-refractivity contribution in [1.82, 2.24) is 10.6 Å². The van der Waals surface area contributed by atoms with E-state index in [9.17, 15) is 0 Å². The molecule has 2 nitrogen and oxygen atoms in total. The molecule has 0 aromatic heterocycles. The Bertz CT molecular complexity index is 169. The van der Waals surface area contributed by atoms with Gasteiger partial charge in [0.05, 0.1) is 0 Å². The van der Waals surface area contributed by atoms with Gasteiger partial charge in [0, 0.05) is 24.2 Å². The van der Waals surface area contributed by atoms with Gasteiger partial charge in [-0.1, -0.05) is 19.3 Å². The number of rotatable bonds is 0. The molecule has 1 saturated carbocycles. The molecule has 1 aliphatic carbocycles. The Balaban J connectivity index is 1.95. The molecule has 1 saturated heterocycles. The normalized spacial score (nSPS) is 31.8. The quantitative estimate of drug-likeness (QED) is 0.595. The van der Waals surface area contributed by atoms with Crippen LogP contribution in [0.3, 0.4) is 0 Å². The van der Waals surface area contributed by atoms with Crippen LogP contribution in [-0.2, 0) is 0 Å². The molecule has 2 rings (SSSR count). The van der Waals surface area contributed by atoms with E-state index < -0.39 is 0 Å². The third-order valence-corrected chi connectivity index (χ3v) is 3.62. The van der Waals surface area contributed by atoms with Gasteiger partial charge in [-0.15, -0.1) is 0 Å². The van der Waals surface area contributed by atoms with Crippen LogP contribution < -0.4 is 10.6 Å². The summed E-state index contributed by atoms with van der Waals surface area (Å²) in [4.78, 5) is 0. The molecule has 0 radical (unpaired) electrons. The zero-order valence-electron chi connectivity index (χ0n) is 8.95. The molecule has 1 heterocycles. The summed E-state index contributed by atoms with van der Waals surface area (Å²) in [5.41, 5.74) is 0.746. The van der Waals surface area contributed by atoms with Gasteiger partial charge in [0.1, 0.15) is 0 Å². The van der Waals surface area contributed by atoms with Crippen molar-refractivity contribution in [2.24, 2.45) is 0 Å². The van der Waals surface area contributed by atoms with Gasteiger partial charge < -0.3 is 10.6 Å². The number of nitrogens with one attached hydrogen (secondary N) is 2. The van der Waals surface area contributed by atoms with Gasteiger partial charge in [-0.05, 0) is 26.7 Å². The topological polar surface area (TPSA) is 24.1 Å². The van der Waals surface area contributed by atoms with Crippen LogP contribution in [0.5, 0.6) is 0 Å². The van der Waals surface area contributed by atoms with Gasteiger partial charge in [-0.25, -0.2) is 0 Å². The number of hydrogen-bond acceptors (Lipinski definition) is 2. The lowest BCUT2D eigenvalue weighted by atomic mass is 9.79. The van der Waals surface area contributed by atoms with Crippen molar-refractivity contribution in [3.8, 4) is 0 Å². The highest BCUT2D eigenvalue weighted by molar-refractivity contribution is 5.01. The number of piperazine rings is 1. The van der Waals surface area contributed by atoms with E-state index in [1.807, 2.05) is 0 Å². The van der Waals surface area contributed by atoms with Crippen LogP contribution in [0.25, 0.3) is 0 Å². The molecule has 0 amide bonds. The maximum atomic E-state index is 3.76. The highest BCUT2D eigenvalue weighted by Crippen LogP contribution is 2.30. The minimum Gasteiger partial charge on any atom is -0.309 e. The van der Waals surface area contributed by atoms with Crippen molar-refractivity contribution in [1.29, 1.82) is 0 Å². The molecule has 1 aliphatic heterocycles. The third kappa shape index (κ3) is 2.05. The molecular formula is C11H22N2. The Hall–Kier alpha value is -0.0800. The summed E-state index contributed by atoms with van der Waals surface area (Å²) in [7, 11) is 0. The Kier molecular flexibility index (Phi) is 2.37. The van der Waals surface area contributed by atoms with E-state index in [2.05, 4.69) is 24.5 Å². The van der Waals surface area contributed by atoms with Gasteiger partial charge >= 0.3 is 0 Å². The fourth-order valence-electron chi connectivity index (χ4n) is 2.52. The van der Waals surface area contributed by atoms with E-state index in [1.165, 1.54) is 38.6 Å². The largest absolute Gasteiger partial charge is 0.309 e. The Morgan fingerprint density at radius 2 is 1.54 bits per heavy atom. The summed E-state index contributed by atoms with van der Waals surface area (Å²) >= 11 is 0. The van der Waals surface area contributed by atoms with Crippen LogP contribution in [0.1, 0.15) is 46.0 Å². The predicted molar refractivity (Wildman–Crippen MR) is 55.9 cm³/mol. The fourth-order valence-corrected chi connectivity index (χ4v) is 2.52. The zero-order chi connectivity index (χ0) is 9.36. The summed E-state index contributed by atoms with van der Waals surface area (Å²) in [5, 5.41) is 7.42. The van der Waals surface area contributed by atoms with Gasteiger partial charge in [0.25, 0.3) is 0 Å². The Morgan fingerprint density at radius 1 is 0.846 bits per heavy atom. The second-order valence-corrected chi connectivity index (χ2v) is 5.43. The molecule has 2 heteroatoms. The van der Waals surface area contributed by atoms with E-state index in [0.717, 1.165) is 6.54 Å². The molecule has 0 aromatic rings. The standard InChI is InChI=1S/C11H22N2/c1-10(2)8-13-11(9-12-10)6-4-3-5-7-11/h12-13H,3-9H2,1-2H3. The number of hydrogen-bond donors (Lipinski definition) is 2. The average Bonchev–Trinajstić information content (AvgIpc) is 2.13. The maximum absolute atomic E-state index is 3.76. The van der Waals surface area contributed by atoms with Crippen LogP contribution in [0.15, 0.2) is 0 Å². The molecule has 76 valence electrons. The van der Waals surface area contributed by atoms with Crippen LogP contribution in [0.2, 0.25) is 0 Å². The van der Waals surface area contributed by atoms with Gasteiger partial charge in [0.2, 0.25) is 0 Å². The lowest BCUT2D eigenvalue weighted by Gasteiger charge is -2.47. The summed E-state index contributed by atoms with van der Waals surface area (Å²) in [5.74, 6) is 0. The summed E-state index contributed by atoms with van der Waals surface area (Å²) in [6.45, 7) is 6.83. The highest BCUT2D eigenvalue weighted by atomic mass is 15.1. The molecule has 0 unspecified atom stereocenters. The minimum atomic E-state index is 0.294. The van der Waals surface area contributed by atoms with Crippen molar-refractivity contribution < 1.29 is 0 Å². The summed E-state index contributed by atoms with van der Waals surface area (Å²) in [6.07, 6.45) is 7.00. The second kappa shape index (κ2) is 3.25.